The van der Waals surface area contributed by atoms with E-state index >= 15 is 0 Å². The minimum Gasteiger partial charge on any atom is -0.394 e. The van der Waals surface area contributed by atoms with Gasteiger partial charge in [0.05, 0.1) is 23.9 Å². The van der Waals surface area contributed by atoms with Crippen LogP contribution < -0.4 is 5.32 Å². The monoisotopic (exact) mass is 331 g/mol. The molecular formula is C19H17N5O. The maximum absolute atomic E-state index is 9.72. The van der Waals surface area contributed by atoms with E-state index in [-0.39, 0.29) is 12.6 Å². The van der Waals surface area contributed by atoms with Crippen molar-refractivity contribution >= 4 is 11.3 Å². The van der Waals surface area contributed by atoms with Crippen LogP contribution in [0.1, 0.15) is 11.6 Å². The van der Waals surface area contributed by atoms with Crippen LogP contribution in [0.4, 0.5) is 5.82 Å². The first kappa shape index (κ1) is 15.3. The van der Waals surface area contributed by atoms with Crippen LogP contribution in [0.3, 0.4) is 0 Å². The minimum absolute atomic E-state index is 0.0229. The summed E-state index contributed by atoms with van der Waals surface area (Å²) in [5, 5.41) is 21.4. The van der Waals surface area contributed by atoms with E-state index in [2.05, 4.69) is 20.6 Å². The van der Waals surface area contributed by atoms with Crippen LogP contribution in [-0.4, -0.2) is 31.5 Å². The lowest BCUT2D eigenvalue weighted by atomic mass is 10.1. The van der Waals surface area contributed by atoms with Gasteiger partial charge in [0, 0.05) is 6.20 Å². The molecule has 3 heterocycles. The molecule has 0 amide bonds. The highest BCUT2D eigenvalue weighted by atomic mass is 16.3. The first-order valence-corrected chi connectivity index (χ1v) is 8.05. The number of hydrogen-bond donors (Lipinski definition) is 2. The largest absolute Gasteiger partial charge is 0.394 e. The minimum atomic E-state index is -0.221. The van der Waals surface area contributed by atoms with Gasteiger partial charge in [0.25, 0.3) is 0 Å². The second-order valence-electron chi connectivity index (χ2n) is 5.67. The maximum atomic E-state index is 9.72. The molecule has 0 bridgehead atoms. The molecule has 124 valence electrons. The van der Waals surface area contributed by atoms with E-state index in [1.807, 2.05) is 72.9 Å². The van der Waals surface area contributed by atoms with Gasteiger partial charge in [-0.2, -0.15) is 0 Å². The lowest BCUT2D eigenvalue weighted by molar-refractivity contribution is 0.276. The summed E-state index contributed by atoms with van der Waals surface area (Å²) in [5.74, 6) is 0.678. The van der Waals surface area contributed by atoms with Crippen LogP contribution in [0.5, 0.6) is 0 Å². The molecule has 6 heteroatoms. The maximum Gasteiger partial charge on any atom is 0.139 e. The normalized spacial score (nSPS) is 12.2. The summed E-state index contributed by atoms with van der Waals surface area (Å²) in [7, 11) is 0. The summed E-state index contributed by atoms with van der Waals surface area (Å²) in [5.41, 5.74) is 3.36. The van der Waals surface area contributed by atoms with Gasteiger partial charge in [0.2, 0.25) is 0 Å². The molecule has 0 spiro atoms. The standard InChI is InChI=1S/C19H17N5O/c25-13-16(14-7-2-1-3-8-14)21-18-11-6-9-15(20-18)19-17-10-4-5-12-24(17)23-22-19/h1-12,16,25H,13H2,(H,20,21)/t16-/m1/s1. The Kier molecular flexibility index (Phi) is 4.10. The van der Waals surface area contributed by atoms with Crippen LogP contribution in [0.2, 0.25) is 0 Å². The number of aromatic nitrogens is 4. The van der Waals surface area contributed by atoms with Crippen molar-refractivity contribution in [1.82, 2.24) is 19.8 Å². The molecule has 3 aromatic heterocycles. The molecule has 0 aliphatic heterocycles. The molecule has 4 aromatic rings. The van der Waals surface area contributed by atoms with Crippen LogP contribution in [0.25, 0.3) is 16.9 Å². The number of aliphatic hydroxyl groups excluding tert-OH is 1. The molecule has 0 aliphatic carbocycles. The first-order chi connectivity index (χ1) is 12.3. The number of aliphatic hydroxyl groups is 1. The van der Waals surface area contributed by atoms with Gasteiger partial charge in [0.1, 0.15) is 11.5 Å². The van der Waals surface area contributed by atoms with E-state index in [1.54, 1.807) is 4.52 Å². The van der Waals surface area contributed by atoms with Gasteiger partial charge in [0.15, 0.2) is 0 Å². The fourth-order valence-corrected chi connectivity index (χ4v) is 2.77. The molecule has 6 nitrogen and oxygen atoms in total. The van der Waals surface area contributed by atoms with Crippen LogP contribution >= 0.6 is 0 Å². The smallest absolute Gasteiger partial charge is 0.139 e. The SMILES string of the molecule is OC[C@@H](Nc1cccc(-c2nnn3ccccc23)n1)c1ccccc1. The topological polar surface area (TPSA) is 75.3 Å². The summed E-state index contributed by atoms with van der Waals surface area (Å²) in [6.07, 6.45) is 1.85. The van der Waals surface area contributed by atoms with Crippen molar-refractivity contribution in [3.8, 4) is 11.4 Å². The van der Waals surface area contributed by atoms with Crippen molar-refractivity contribution in [2.75, 3.05) is 11.9 Å². The fraction of sp³-hybridized carbons (Fsp3) is 0.105. The van der Waals surface area contributed by atoms with Crippen molar-refractivity contribution in [2.24, 2.45) is 0 Å². The van der Waals surface area contributed by atoms with Gasteiger partial charge in [-0.05, 0) is 29.8 Å². The molecular weight excluding hydrogens is 314 g/mol. The highest BCUT2D eigenvalue weighted by Crippen LogP contribution is 2.23. The zero-order chi connectivity index (χ0) is 17.1. The van der Waals surface area contributed by atoms with Crippen LogP contribution in [-0.2, 0) is 0 Å². The zero-order valence-corrected chi connectivity index (χ0v) is 13.4. The molecule has 0 fully saturated rings. The molecule has 0 radical (unpaired) electrons. The van der Waals surface area contributed by atoms with Crippen molar-refractivity contribution in [3.05, 3.63) is 78.5 Å². The van der Waals surface area contributed by atoms with Gasteiger partial charge in [-0.3, -0.25) is 0 Å². The second-order valence-corrected chi connectivity index (χ2v) is 5.67. The number of anilines is 1. The quantitative estimate of drug-likeness (QED) is 0.588. The van der Waals surface area contributed by atoms with Gasteiger partial charge in [-0.1, -0.05) is 47.7 Å². The van der Waals surface area contributed by atoms with Crippen molar-refractivity contribution < 1.29 is 5.11 Å². The number of nitrogens with zero attached hydrogens (tertiary/aromatic N) is 4. The molecule has 1 atom stereocenters. The van der Waals surface area contributed by atoms with E-state index in [4.69, 9.17) is 0 Å². The Bertz CT molecular complexity index is 983. The van der Waals surface area contributed by atoms with Crippen molar-refractivity contribution in [2.45, 2.75) is 6.04 Å². The summed E-state index contributed by atoms with van der Waals surface area (Å²) in [4.78, 5) is 4.64. The van der Waals surface area contributed by atoms with Crippen molar-refractivity contribution in [1.29, 1.82) is 0 Å². The number of rotatable bonds is 5. The lowest BCUT2D eigenvalue weighted by Crippen LogP contribution is -2.15. The number of hydrogen-bond acceptors (Lipinski definition) is 5. The summed E-state index contributed by atoms with van der Waals surface area (Å²) in [6, 6.07) is 21.1. The molecule has 1 aromatic carbocycles. The molecule has 0 saturated carbocycles. The Balaban J connectivity index is 1.65. The molecule has 2 N–H and O–H groups in total. The van der Waals surface area contributed by atoms with Gasteiger partial charge < -0.3 is 10.4 Å². The van der Waals surface area contributed by atoms with Gasteiger partial charge in [-0.25, -0.2) is 9.50 Å². The van der Waals surface area contributed by atoms with E-state index in [0.717, 1.165) is 22.5 Å². The van der Waals surface area contributed by atoms with Crippen LogP contribution in [0.15, 0.2) is 72.9 Å². The summed E-state index contributed by atoms with van der Waals surface area (Å²) < 4.78 is 1.72. The third kappa shape index (κ3) is 3.07. The predicted octanol–water partition coefficient (Wildman–Crippen LogP) is 2.94. The van der Waals surface area contributed by atoms with E-state index in [9.17, 15) is 5.11 Å². The summed E-state index contributed by atoms with van der Waals surface area (Å²) in [6.45, 7) is -0.0229. The van der Waals surface area contributed by atoms with Gasteiger partial charge >= 0.3 is 0 Å². The average Bonchev–Trinajstić information content (AvgIpc) is 3.11. The molecule has 4 rings (SSSR count). The van der Waals surface area contributed by atoms with Gasteiger partial charge in [-0.15, -0.1) is 5.10 Å². The number of fused-ring (bicyclic) bond motifs is 1. The lowest BCUT2D eigenvalue weighted by Gasteiger charge is -2.17. The van der Waals surface area contributed by atoms with E-state index in [0.29, 0.717) is 5.82 Å². The average molecular weight is 331 g/mol. The summed E-state index contributed by atoms with van der Waals surface area (Å²) >= 11 is 0. The first-order valence-electron chi connectivity index (χ1n) is 8.05. The Morgan fingerprint density at radius 2 is 1.80 bits per heavy atom. The highest BCUT2D eigenvalue weighted by molar-refractivity contribution is 5.74. The predicted molar refractivity (Wildman–Crippen MR) is 96.1 cm³/mol. The third-order valence-electron chi connectivity index (χ3n) is 4.02. The van der Waals surface area contributed by atoms with E-state index in [1.165, 1.54) is 0 Å². The number of benzene rings is 1. The number of nitrogens with one attached hydrogen (secondary N) is 1. The Morgan fingerprint density at radius 1 is 0.960 bits per heavy atom. The van der Waals surface area contributed by atoms with Crippen molar-refractivity contribution in [3.63, 3.8) is 0 Å². The third-order valence-corrected chi connectivity index (χ3v) is 4.02. The van der Waals surface area contributed by atoms with E-state index < -0.39 is 0 Å². The molecule has 0 unspecified atom stereocenters. The van der Waals surface area contributed by atoms with Crippen LogP contribution in [0, 0.1) is 0 Å². The second kappa shape index (κ2) is 6.70. The Morgan fingerprint density at radius 3 is 2.64 bits per heavy atom. The fourth-order valence-electron chi connectivity index (χ4n) is 2.77. The molecule has 0 saturated heterocycles. The Hall–Kier alpha value is -3.25. The highest BCUT2D eigenvalue weighted by Gasteiger charge is 2.13. The molecule has 25 heavy (non-hydrogen) atoms. The Labute approximate surface area is 144 Å². The molecule has 0 aliphatic rings. The zero-order valence-electron chi connectivity index (χ0n) is 13.4. The number of pyridine rings is 2.